The number of rotatable bonds is 13. The second-order valence-corrected chi connectivity index (χ2v) is 6.93. The molecule has 0 amide bonds. The van der Waals surface area contributed by atoms with E-state index < -0.39 is 0 Å². The minimum atomic E-state index is 0.534. The summed E-state index contributed by atoms with van der Waals surface area (Å²) in [5.41, 5.74) is 4.22. The summed E-state index contributed by atoms with van der Waals surface area (Å²) in [6.07, 6.45) is 16.1. The quantitative estimate of drug-likeness (QED) is 0.389. The van der Waals surface area contributed by atoms with Gasteiger partial charge in [-0.1, -0.05) is 71.8 Å². The lowest BCUT2D eigenvalue weighted by molar-refractivity contribution is 0.463. The van der Waals surface area contributed by atoms with Crippen LogP contribution in [0.15, 0.2) is 12.1 Å². The number of phenols is 1. The van der Waals surface area contributed by atoms with Gasteiger partial charge in [0.2, 0.25) is 0 Å². The summed E-state index contributed by atoms with van der Waals surface area (Å²) in [4.78, 5) is 0. The van der Waals surface area contributed by atoms with Crippen molar-refractivity contribution in [2.24, 2.45) is 0 Å². The Kier molecular flexibility index (Phi) is 10.9. The van der Waals surface area contributed by atoms with Gasteiger partial charge in [-0.05, 0) is 61.3 Å². The summed E-state index contributed by atoms with van der Waals surface area (Å²) >= 11 is 0. The molecule has 0 aliphatic heterocycles. The molecule has 0 atom stereocenters. The van der Waals surface area contributed by atoms with Gasteiger partial charge in [0, 0.05) is 0 Å². The summed E-state index contributed by atoms with van der Waals surface area (Å²) in [6.45, 7) is 6.77. The molecule has 0 saturated carbocycles. The number of aromatic hydroxyl groups is 1. The first kappa shape index (κ1) is 20.1. The van der Waals surface area contributed by atoms with Gasteiger partial charge >= 0.3 is 0 Å². The number of phenolic OH excluding ortho intramolecular Hbond substituents is 1. The fourth-order valence-corrected chi connectivity index (χ4v) is 3.38. The molecule has 0 fully saturated rings. The Morgan fingerprint density at radius 1 is 0.609 bits per heavy atom. The fraction of sp³-hybridized carbons (Fsp3) is 0.727. The van der Waals surface area contributed by atoms with Crippen molar-refractivity contribution in [2.45, 2.75) is 104 Å². The maximum absolute atomic E-state index is 10.4. The van der Waals surface area contributed by atoms with Gasteiger partial charge in [-0.25, -0.2) is 0 Å². The van der Waals surface area contributed by atoms with Crippen LogP contribution in [-0.2, 0) is 19.3 Å². The highest BCUT2D eigenvalue weighted by Gasteiger charge is 2.12. The first-order chi connectivity index (χ1) is 11.2. The summed E-state index contributed by atoms with van der Waals surface area (Å²) in [5.74, 6) is 0.534. The molecule has 23 heavy (non-hydrogen) atoms. The Labute approximate surface area is 144 Å². The number of unbranched alkanes of at least 4 members (excludes halogenated alkanes) is 7. The van der Waals surface area contributed by atoms with Crippen LogP contribution in [0.1, 0.15) is 102 Å². The minimum Gasteiger partial charge on any atom is -0.508 e. The van der Waals surface area contributed by atoms with E-state index in [1.54, 1.807) is 0 Å². The Bertz CT molecular complexity index is 422. The average Bonchev–Trinajstić information content (AvgIpc) is 2.56. The third-order valence-corrected chi connectivity index (χ3v) is 4.86. The third-order valence-electron chi connectivity index (χ3n) is 4.86. The Morgan fingerprint density at radius 3 is 1.87 bits per heavy atom. The fourth-order valence-electron chi connectivity index (χ4n) is 3.38. The molecule has 0 aliphatic carbocycles. The second kappa shape index (κ2) is 12.4. The summed E-state index contributed by atoms with van der Waals surface area (Å²) in [5, 5.41) is 10.4. The van der Waals surface area contributed by atoms with Crippen molar-refractivity contribution in [3.8, 4) is 5.75 Å². The van der Waals surface area contributed by atoms with E-state index >= 15 is 0 Å². The van der Waals surface area contributed by atoms with E-state index in [1.807, 2.05) is 6.07 Å². The van der Waals surface area contributed by atoms with Crippen LogP contribution < -0.4 is 0 Å². The summed E-state index contributed by atoms with van der Waals surface area (Å²) < 4.78 is 0. The van der Waals surface area contributed by atoms with Crippen LogP contribution in [0.25, 0.3) is 0 Å². The van der Waals surface area contributed by atoms with E-state index in [4.69, 9.17) is 0 Å². The summed E-state index contributed by atoms with van der Waals surface area (Å²) in [6, 6.07) is 4.11. The van der Waals surface area contributed by atoms with Gasteiger partial charge in [0.1, 0.15) is 5.75 Å². The van der Waals surface area contributed by atoms with Crippen LogP contribution in [0, 0.1) is 0 Å². The van der Waals surface area contributed by atoms with E-state index in [9.17, 15) is 5.11 Å². The van der Waals surface area contributed by atoms with Crippen LogP contribution in [0.4, 0.5) is 0 Å². The molecule has 1 rings (SSSR count). The monoisotopic (exact) mass is 318 g/mol. The molecule has 0 aromatic heterocycles. The molecular formula is C22H38O. The highest BCUT2D eigenvalue weighted by molar-refractivity contribution is 5.45. The van der Waals surface area contributed by atoms with E-state index in [0.29, 0.717) is 5.75 Å². The lowest BCUT2D eigenvalue weighted by Crippen LogP contribution is -2.02. The molecule has 0 spiro atoms. The number of benzene rings is 1. The van der Waals surface area contributed by atoms with Crippen molar-refractivity contribution < 1.29 is 5.11 Å². The SMILES string of the molecule is CCCCCCCc1c(O)ccc(CCCC)c1CCCCC. The van der Waals surface area contributed by atoms with Crippen molar-refractivity contribution in [1.82, 2.24) is 0 Å². The van der Waals surface area contributed by atoms with E-state index in [1.165, 1.54) is 87.3 Å². The van der Waals surface area contributed by atoms with Gasteiger partial charge < -0.3 is 5.11 Å². The normalized spacial score (nSPS) is 11.1. The number of hydrogen-bond donors (Lipinski definition) is 1. The van der Waals surface area contributed by atoms with E-state index in [0.717, 1.165) is 12.8 Å². The van der Waals surface area contributed by atoms with Crippen LogP contribution in [0.3, 0.4) is 0 Å². The molecule has 1 N–H and O–H groups in total. The minimum absolute atomic E-state index is 0.534. The van der Waals surface area contributed by atoms with Crippen molar-refractivity contribution in [2.75, 3.05) is 0 Å². The maximum atomic E-state index is 10.4. The van der Waals surface area contributed by atoms with E-state index in [-0.39, 0.29) is 0 Å². The van der Waals surface area contributed by atoms with Gasteiger partial charge in [0.15, 0.2) is 0 Å². The van der Waals surface area contributed by atoms with Gasteiger partial charge in [-0.15, -0.1) is 0 Å². The van der Waals surface area contributed by atoms with Gasteiger partial charge in [0.05, 0.1) is 0 Å². The molecule has 0 unspecified atom stereocenters. The van der Waals surface area contributed by atoms with Crippen molar-refractivity contribution in [1.29, 1.82) is 0 Å². The molecule has 132 valence electrons. The molecule has 1 nitrogen and oxygen atoms in total. The lowest BCUT2D eigenvalue weighted by atomic mass is 9.90. The van der Waals surface area contributed by atoms with Crippen LogP contribution >= 0.6 is 0 Å². The Hall–Kier alpha value is -0.980. The van der Waals surface area contributed by atoms with Gasteiger partial charge in [-0.2, -0.15) is 0 Å². The molecule has 0 radical (unpaired) electrons. The zero-order chi connectivity index (χ0) is 16.9. The zero-order valence-electron chi connectivity index (χ0n) is 15.8. The predicted octanol–water partition coefficient (Wildman–Crippen LogP) is 6.98. The maximum Gasteiger partial charge on any atom is 0.119 e. The van der Waals surface area contributed by atoms with Crippen LogP contribution in [0.2, 0.25) is 0 Å². The first-order valence-electron chi connectivity index (χ1n) is 10.1. The van der Waals surface area contributed by atoms with Crippen molar-refractivity contribution >= 4 is 0 Å². The highest BCUT2D eigenvalue weighted by Crippen LogP contribution is 2.29. The molecule has 1 aromatic carbocycles. The second-order valence-electron chi connectivity index (χ2n) is 6.93. The molecule has 1 heteroatoms. The Balaban J connectivity index is 2.80. The van der Waals surface area contributed by atoms with E-state index in [2.05, 4.69) is 26.8 Å². The molecule has 0 heterocycles. The number of hydrogen-bond acceptors (Lipinski definition) is 1. The third kappa shape index (κ3) is 7.42. The molecular weight excluding hydrogens is 280 g/mol. The largest absolute Gasteiger partial charge is 0.508 e. The highest BCUT2D eigenvalue weighted by atomic mass is 16.3. The van der Waals surface area contributed by atoms with Crippen molar-refractivity contribution in [3.05, 3.63) is 28.8 Å². The molecule has 0 saturated heterocycles. The topological polar surface area (TPSA) is 20.2 Å². The standard InChI is InChI=1S/C22H38O/c1-4-7-10-11-13-16-21-20(15-12-8-5-2)19(14-9-6-3)17-18-22(21)23/h17-18,23H,4-16H2,1-3H3. The van der Waals surface area contributed by atoms with Gasteiger partial charge in [-0.3, -0.25) is 0 Å². The molecule has 0 aliphatic rings. The smallest absolute Gasteiger partial charge is 0.119 e. The summed E-state index contributed by atoms with van der Waals surface area (Å²) in [7, 11) is 0. The predicted molar refractivity (Wildman–Crippen MR) is 102 cm³/mol. The van der Waals surface area contributed by atoms with Crippen molar-refractivity contribution in [3.63, 3.8) is 0 Å². The lowest BCUT2D eigenvalue weighted by Gasteiger charge is -2.17. The number of aryl methyl sites for hydroxylation is 1. The molecule has 0 bridgehead atoms. The first-order valence-corrected chi connectivity index (χ1v) is 10.1. The van der Waals surface area contributed by atoms with Crippen LogP contribution in [-0.4, -0.2) is 5.11 Å². The zero-order valence-corrected chi connectivity index (χ0v) is 15.8. The van der Waals surface area contributed by atoms with Gasteiger partial charge in [0.25, 0.3) is 0 Å². The Morgan fingerprint density at radius 2 is 1.17 bits per heavy atom. The molecule has 1 aromatic rings. The average molecular weight is 319 g/mol. The van der Waals surface area contributed by atoms with Crippen LogP contribution in [0.5, 0.6) is 5.75 Å².